The normalized spacial score (nSPS) is 17.2. The van der Waals surface area contributed by atoms with Crippen molar-refractivity contribution in [3.63, 3.8) is 0 Å². The van der Waals surface area contributed by atoms with Crippen LogP contribution in [0.2, 0.25) is 0 Å². The fourth-order valence-corrected chi connectivity index (χ4v) is 4.00. The number of aryl methyl sites for hydroxylation is 1. The highest BCUT2D eigenvalue weighted by molar-refractivity contribution is 5.85. The molecule has 0 radical (unpaired) electrons. The molecular weight excluding hydrogens is 364 g/mol. The van der Waals surface area contributed by atoms with E-state index in [1.165, 1.54) is 0 Å². The summed E-state index contributed by atoms with van der Waals surface area (Å²) in [6, 6.07) is 5.63. The molecule has 0 aliphatic carbocycles. The Morgan fingerprint density at radius 1 is 1.33 bits per heavy atom. The topological polar surface area (TPSA) is 63.5 Å². The van der Waals surface area contributed by atoms with E-state index in [2.05, 4.69) is 17.6 Å². The number of piperidine rings is 1. The molecule has 1 aromatic carbocycles. The summed E-state index contributed by atoms with van der Waals surface area (Å²) in [5, 5.41) is 7.53. The molecule has 0 bridgehead atoms. The van der Waals surface area contributed by atoms with Gasteiger partial charge in [-0.2, -0.15) is 0 Å². The third kappa shape index (κ3) is 4.96. The summed E-state index contributed by atoms with van der Waals surface area (Å²) in [5.74, 6) is 2.76. The fraction of sp³-hybridized carbons (Fsp3) is 0.571. The van der Waals surface area contributed by atoms with Gasteiger partial charge in [0.2, 0.25) is 5.91 Å². The summed E-state index contributed by atoms with van der Waals surface area (Å²) in [6.45, 7) is 8.33. The highest BCUT2D eigenvalue weighted by Gasteiger charge is 2.24. The molecule has 2 atom stereocenters. The molecule has 3 rings (SSSR count). The molecule has 27 heavy (non-hydrogen) atoms. The van der Waals surface area contributed by atoms with Crippen LogP contribution < -0.4 is 15.4 Å². The number of ether oxygens (including phenoxy) is 1. The Hall–Kier alpha value is -1.72. The Kier molecular flexibility index (Phi) is 7.57. The van der Waals surface area contributed by atoms with Crippen molar-refractivity contribution in [1.82, 2.24) is 10.6 Å². The molecular formula is C21H31ClN2O3. The minimum absolute atomic E-state index is 0. The number of benzene rings is 1. The van der Waals surface area contributed by atoms with E-state index in [-0.39, 0.29) is 24.4 Å². The Balaban J connectivity index is 0.00000261. The zero-order valence-electron chi connectivity index (χ0n) is 16.6. The third-order valence-corrected chi connectivity index (χ3v) is 5.65. The van der Waals surface area contributed by atoms with Gasteiger partial charge < -0.3 is 19.8 Å². The Labute approximate surface area is 167 Å². The lowest BCUT2D eigenvalue weighted by Crippen LogP contribution is -2.34. The van der Waals surface area contributed by atoms with Crippen LogP contribution in [-0.2, 0) is 4.79 Å². The molecule has 0 spiro atoms. The quantitative estimate of drug-likeness (QED) is 0.763. The van der Waals surface area contributed by atoms with E-state index in [4.69, 9.17) is 9.15 Å². The van der Waals surface area contributed by atoms with Crippen LogP contribution in [0.15, 0.2) is 22.6 Å². The number of halogens is 1. The Bertz CT molecular complexity index is 768. The minimum Gasteiger partial charge on any atom is -0.497 e. The van der Waals surface area contributed by atoms with Crippen molar-refractivity contribution < 1.29 is 13.9 Å². The second kappa shape index (κ2) is 9.47. The Morgan fingerprint density at radius 2 is 2.04 bits per heavy atom. The van der Waals surface area contributed by atoms with E-state index in [9.17, 15) is 4.79 Å². The number of nitrogens with one attached hydrogen (secondary N) is 2. The van der Waals surface area contributed by atoms with Gasteiger partial charge in [0.25, 0.3) is 0 Å². The van der Waals surface area contributed by atoms with E-state index < -0.39 is 0 Å². The van der Waals surface area contributed by atoms with Crippen molar-refractivity contribution in [2.24, 2.45) is 11.8 Å². The van der Waals surface area contributed by atoms with Gasteiger partial charge in [-0.15, -0.1) is 12.4 Å². The lowest BCUT2D eigenvalue weighted by molar-refractivity contribution is -0.123. The van der Waals surface area contributed by atoms with Gasteiger partial charge in [0, 0.05) is 17.4 Å². The fourth-order valence-electron chi connectivity index (χ4n) is 4.00. The molecule has 2 aromatic rings. The predicted octanol–water partition coefficient (Wildman–Crippen LogP) is 4.37. The molecule has 1 amide bonds. The number of methoxy groups -OCH3 is 1. The first kappa shape index (κ1) is 21.6. The van der Waals surface area contributed by atoms with Crippen LogP contribution in [0.3, 0.4) is 0 Å². The summed E-state index contributed by atoms with van der Waals surface area (Å²) < 4.78 is 11.3. The molecule has 1 aromatic heterocycles. The maximum Gasteiger partial charge on any atom is 0.220 e. The van der Waals surface area contributed by atoms with Gasteiger partial charge in [0.15, 0.2) is 0 Å². The maximum absolute atomic E-state index is 12.5. The lowest BCUT2D eigenvalue weighted by Gasteiger charge is -2.28. The summed E-state index contributed by atoms with van der Waals surface area (Å²) >= 11 is 0. The van der Waals surface area contributed by atoms with Crippen molar-refractivity contribution in [2.45, 2.75) is 46.1 Å². The number of carbonyl (C=O) groups is 1. The highest BCUT2D eigenvalue weighted by atomic mass is 35.5. The number of rotatable bonds is 6. The minimum atomic E-state index is -0.152. The van der Waals surface area contributed by atoms with Crippen LogP contribution >= 0.6 is 12.4 Å². The molecule has 150 valence electrons. The molecule has 1 saturated heterocycles. The van der Waals surface area contributed by atoms with Crippen LogP contribution in [0.4, 0.5) is 0 Å². The molecule has 0 saturated carbocycles. The highest BCUT2D eigenvalue weighted by Crippen LogP contribution is 2.32. The number of hydrogen-bond acceptors (Lipinski definition) is 4. The lowest BCUT2D eigenvalue weighted by atomic mass is 9.84. The van der Waals surface area contributed by atoms with Crippen molar-refractivity contribution in [3.8, 4) is 5.75 Å². The number of carbonyl (C=O) groups excluding carboxylic acids is 1. The van der Waals surface area contributed by atoms with E-state index in [0.29, 0.717) is 18.3 Å². The molecule has 2 heterocycles. The van der Waals surface area contributed by atoms with E-state index >= 15 is 0 Å². The van der Waals surface area contributed by atoms with Crippen molar-refractivity contribution in [2.75, 3.05) is 20.2 Å². The number of amides is 1. The number of hydrogen-bond donors (Lipinski definition) is 2. The molecule has 1 aliphatic heterocycles. The van der Waals surface area contributed by atoms with Gasteiger partial charge in [-0.1, -0.05) is 6.92 Å². The number of furan rings is 1. The molecule has 6 heteroatoms. The first-order valence-electron chi connectivity index (χ1n) is 9.56. The molecule has 1 aliphatic rings. The maximum atomic E-state index is 12.5. The summed E-state index contributed by atoms with van der Waals surface area (Å²) in [5.41, 5.74) is 1.88. The van der Waals surface area contributed by atoms with Gasteiger partial charge >= 0.3 is 0 Å². The van der Waals surface area contributed by atoms with Crippen molar-refractivity contribution in [1.29, 1.82) is 0 Å². The molecule has 2 unspecified atom stereocenters. The zero-order chi connectivity index (χ0) is 18.7. The zero-order valence-corrected chi connectivity index (χ0v) is 17.4. The average molecular weight is 395 g/mol. The van der Waals surface area contributed by atoms with Gasteiger partial charge in [-0.25, -0.2) is 0 Å². The van der Waals surface area contributed by atoms with Gasteiger partial charge in [-0.05, 0) is 69.8 Å². The smallest absolute Gasteiger partial charge is 0.220 e. The van der Waals surface area contributed by atoms with Crippen molar-refractivity contribution in [3.05, 3.63) is 29.5 Å². The van der Waals surface area contributed by atoms with E-state index in [0.717, 1.165) is 54.0 Å². The van der Waals surface area contributed by atoms with Crippen LogP contribution in [0.1, 0.15) is 50.5 Å². The average Bonchev–Trinajstić information content (AvgIpc) is 2.98. The number of fused-ring (bicyclic) bond motifs is 1. The first-order valence-corrected chi connectivity index (χ1v) is 9.56. The SMILES string of the molecule is COc1ccc2oc(C(C)NC(=O)CC(C)C3CCNCC3)c(C)c2c1.Cl. The molecule has 1 fully saturated rings. The second-order valence-corrected chi connectivity index (χ2v) is 7.51. The van der Waals surface area contributed by atoms with Crippen LogP contribution in [-0.4, -0.2) is 26.1 Å². The van der Waals surface area contributed by atoms with E-state index in [1.54, 1.807) is 7.11 Å². The summed E-state index contributed by atoms with van der Waals surface area (Å²) in [4.78, 5) is 12.5. The van der Waals surface area contributed by atoms with Gasteiger partial charge in [0.05, 0.1) is 13.2 Å². The van der Waals surface area contributed by atoms with Gasteiger partial charge in [-0.3, -0.25) is 4.79 Å². The van der Waals surface area contributed by atoms with E-state index in [1.807, 2.05) is 32.0 Å². The van der Waals surface area contributed by atoms with Crippen LogP contribution in [0, 0.1) is 18.8 Å². The Morgan fingerprint density at radius 3 is 2.70 bits per heavy atom. The standard InChI is InChI=1S/C21H30N2O3.ClH/c1-13(16-7-9-22-10-8-16)11-20(24)23-15(3)21-14(2)18-12-17(25-4)5-6-19(18)26-21;/h5-6,12-13,15-16,22H,7-11H2,1-4H3,(H,23,24);1H. The largest absolute Gasteiger partial charge is 0.497 e. The first-order chi connectivity index (χ1) is 12.5. The molecule has 2 N–H and O–H groups in total. The van der Waals surface area contributed by atoms with Crippen LogP contribution in [0.25, 0.3) is 11.0 Å². The summed E-state index contributed by atoms with van der Waals surface area (Å²) in [6.07, 6.45) is 2.89. The molecule has 5 nitrogen and oxygen atoms in total. The van der Waals surface area contributed by atoms with Gasteiger partial charge in [0.1, 0.15) is 17.1 Å². The monoisotopic (exact) mass is 394 g/mol. The second-order valence-electron chi connectivity index (χ2n) is 7.51. The third-order valence-electron chi connectivity index (χ3n) is 5.65. The van der Waals surface area contributed by atoms with Crippen molar-refractivity contribution >= 4 is 29.3 Å². The predicted molar refractivity (Wildman–Crippen MR) is 111 cm³/mol. The summed E-state index contributed by atoms with van der Waals surface area (Å²) in [7, 11) is 1.66. The van der Waals surface area contributed by atoms with Crippen LogP contribution in [0.5, 0.6) is 5.75 Å².